The molecule has 0 atom stereocenters. The second-order valence-electron chi connectivity index (χ2n) is 13.2. The molecule has 23 heteroatoms. The molecule has 2 aromatic carbocycles. The van der Waals surface area contributed by atoms with Crippen molar-refractivity contribution >= 4 is 77.8 Å². The van der Waals surface area contributed by atoms with E-state index in [4.69, 9.17) is 91.0 Å². The van der Waals surface area contributed by atoms with Gasteiger partial charge in [0.25, 0.3) is 6.47 Å². The summed E-state index contributed by atoms with van der Waals surface area (Å²) in [4.78, 5) is 26.1. The number of fused-ring (bicyclic) bond motifs is 2. The zero-order chi connectivity index (χ0) is 45.2. The van der Waals surface area contributed by atoms with E-state index in [1.54, 1.807) is 24.3 Å². The number of halogens is 3. The van der Waals surface area contributed by atoms with Crippen LogP contribution in [0.2, 0.25) is 15.2 Å². The summed E-state index contributed by atoms with van der Waals surface area (Å²) in [5.41, 5.74) is 5.42. The van der Waals surface area contributed by atoms with Gasteiger partial charge in [-0.05, 0) is 111 Å². The maximum atomic E-state index is 9.87. The number of rotatable bonds is 13. The van der Waals surface area contributed by atoms with Gasteiger partial charge in [0.15, 0.2) is 0 Å². The second kappa shape index (κ2) is 28.2. The van der Waals surface area contributed by atoms with E-state index in [2.05, 4.69) is 24.5 Å². The fourth-order valence-corrected chi connectivity index (χ4v) is 5.94. The molecule has 4 heterocycles. The van der Waals surface area contributed by atoms with E-state index >= 15 is 0 Å². The maximum Gasteiger partial charge on any atom is 1.00 e. The van der Waals surface area contributed by atoms with Crippen LogP contribution in [0.25, 0.3) is 9.69 Å². The molecular weight excluding hydrogens is 993 g/mol. The van der Waals surface area contributed by atoms with Crippen molar-refractivity contribution in [3.8, 4) is 29.1 Å². The molecule has 0 bridgehead atoms. The third-order valence-electron chi connectivity index (χ3n) is 8.00. The van der Waals surface area contributed by atoms with Crippen molar-refractivity contribution in [2.45, 2.75) is 67.0 Å². The molecular formula is C39H42B2Cl3CsN4O13. The Balaban J connectivity index is 0.000000330. The molecule has 0 fully saturated rings. The number of pyridine rings is 2. The Labute approximate surface area is 434 Å². The van der Waals surface area contributed by atoms with Crippen molar-refractivity contribution in [3.63, 3.8) is 0 Å². The number of aromatic nitrogens is 2. The van der Waals surface area contributed by atoms with Crippen LogP contribution < -0.4 is 99.3 Å². The van der Waals surface area contributed by atoms with Crippen LogP contribution in [0.5, 0.6) is 29.1 Å². The fraction of sp³-hybridized carbons (Fsp3) is 0.359. The van der Waals surface area contributed by atoms with E-state index in [1.165, 1.54) is 12.1 Å². The van der Waals surface area contributed by atoms with Gasteiger partial charge in [0, 0.05) is 0 Å². The maximum absolute atomic E-state index is 9.87. The van der Waals surface area contributed by atoms with Crippen LogP contribution in [0, 0.1) is 27.0 Å². The number of benzene rings is 2. The summed E-state index contributed by atoms with van der Waals surface area (Å²) in [6.45, 7) is 27.6. The average molecular weight is 1040 g/mol. The summed E-state index contributed by atoms with van der Waals surface area (Å²) in [6.07, 6.45) is 0.229. The summed E-state index contributed by atoms with van der Waals surface area (Å²) in [6, 6.07) is 9.69. The Morgan fingerprint density at radius 3 is 1.73 bits per heavy atom. The predicted molar refractivity (Wildman–Crippen MR) is 225 cm³/mol. The van der Waals surface area contributed by atoms with Gasteiger partial charge in [0.05, 0.1) is 61.8 Å². The van der Waals surface area contributed by atoms with Crippen molar-refractivity contribution in [1.82, 2.24) is 9.97 Å². The van der Waals surface area contributed by atoms with E-state index in [9.17, 15) is 15.2 Å². The molecule has 0 aliphatic carbocycles. The van der Waals surface area contributed by atoms with E-state index in [-0.39, 0.29) is 144 Å². The molecule has 4 aromatic rings. The van der Waals surface area contributed by atoms with Gasteiger partial charge in [-0.1, -0.05) is 34.8 Å². The first-order chi connectivity index (χ1) is 29.0. The molecule has 0 radical (unpaired) electrons. The van der Waals surface area contributed by atoms with Gasteiger partial charge in [0.2, 0.25) is 29.0 Å². The summed E-state index contributed by atoms with van der Waals surface area (Å²) in [5, 5.41) is 37.4. The molecule has 0 saturated carbocycles. The van der Waals surface area contributed by atoms with Crippen LogP contribution >= 0.6 is 34.8 Å². The minimum absolute atomic E-state index is 0. The van der Waals surface area contributed by atoms with Gasteiger partial charge in [0.1, 0.15) is 29.9 Å². The summed E-state index contributed by atoms with van der Waals surface area (Å²) in [5.74, 6) is 1.18. The van der Waals surface area contributed by atoms with Crippen molar-refractivity contribution < 1.29 is 132 Å². The molecule has 324 valence electrons. The minimum Gasteiger partial charge on any atom is -0.662 e. The quantitative estimate of drug-likeness (QED) is 0.0335. The molecule has 17 nitrogen and oxygen atoms in total. The number of carbonyl (C=O) groups excluding carboxylic acids is 1. The van der Waals surface area contributed by atoms with Gasteiger partial charge < -0.3 is 58.3 Å². The fourth-order valence-electron chi connectivity index (χ4n) is 5.48. The number of carbonyl (C=O) groups is 1. The number of aromatic hydroxyl groups is 1. The van der Waals surface area contributed by atoms with Crippen LogP contribution in [-0.2, 0) is 41.7 Å². The Bertz CT molecular complexity index is 2200. The van der Waals surface area contributed by atoms with Crippen LogP contribution in [-0.4, -0.2) is 84.5 Å². The molecule has 62 heavy (non-hydrogen) atoms. The predicted octanol–water partition coefficient (Wildman–Crippen LogP) is 2.51. The van der Waals surface area contributed by atoms with Crippen LogP contribution in [0.1, 0.15) is 49.9 Å². The van der Waals surface area contributed by atoms with Crippen molar-refractivity contribution in [2.75, 3.05) is 26.4 Å². The van der Waals surface area contributed by atoms with Crippen LogP contribution in [0.15, 0.2) is 36.4 Å². The largest absolute Gasteiger partial charge is 1.00 e. The topological polar surface area (TPSA) is 209 Å². The van der Waals surface area contributed by atoms with Gasteiger partial charge in [-0.2, -0.15) is 4.98 Å². The van der Waals surface area contributed by atoms with Crippen LogP contribution in [0.3, 0.4) is 0 Å². The molecule has 0 saturated heterocycles. The summed E-state index contributed by atoms with van der Waals surface area (Å²) >= 11 is 17.7. The number of phenolic OH excluding ortho intramolecular Hbond substituents is 1. The number of aryl methyl sites for hydroxylation is 2. The van der Waals surface area contributed by atoms with Gasteiger partial charge in [-0.15, -0.1) is 0 Å². The first-order valence-electron chi connectivity index (χ1n) is 18.3. The van der Waals surface area contributed by atoms with Gasteiger partial charge in [-0.25, -0.2) is 14.7 Å². The molecule has 2 aromatic heterocycles. The minimum atomic E-state index is -0.920. The molecule has 3 N–H and O–H groups in total. The summed E-state index contributed by atoms with van der Waals surface area (Å²) in [7, 11) is -1.74. The molecule has 2 aliphatic heterocycles. The van der Waals surface area contributed by atoms with E-state index in [0.29, 0.717) is 38.8 Å². The molecule has 2 aliphatic rings. The monoisotopic (exact) mass is 1030 g/mol. The zero-order valence-electron chi connectivity index (χ0n) is 34.9. The average Bonchev–Trinajstić information content (AvgIpc) is 3.79. The Hall–Kier alpha value is -2.84. The smallest absolute Gasteiger partial charge is 0.662 e. The number of hydrogen-bond donors (Lipinski definition) is 3. The Kier molecular flexibility index (Phi) is 25.1. The zero-order valence-corrected chi connectivity index (χ0v) is 43.5. The third kappa shape index (κ3) is 17.3. The van der Waals surface area contributed by atoms with Crippen molar-refractivity contribution in [2.24, 2.45) is 0 Å². The number of hydrogen-bond acceptors (Lipinski definition) is 15. The molecule has 0 amide bonds. The SMILES string of the molecule is Cc1cc(O)cc2c1B(O)OC2.O=CO[O-].[C-]#[N+]c1cc(Cl)c(Cl)nc1OCCOC(C)C.[C-]#[N+]c1cc(Cl)c(Oc2cc(C)c3c(c2)COB3O)nc1OCCOC(C)C.[Cs+]. The van der Waals surface area contributed by atoms with E-state index in [1.807, 2.05) is 41.5 Å². The number of nitrogens with zero attached hydrogens (tertiary/aromatic N) is 4. The van der Waals surface area contributed by atoms with Crippen molar-refractivity contribution in [3.05, 3.63) is 96.7 Å². The van der Waals surface area contributed by atoms with E-state index < -0.39 is 14.2 Å². The number of ether oxygens (including phenoxy) is 5. The van der Waals surface area contributed by atoms with Gasteiger partial charge in [-0.3, -0.25) is 4.79 Å². The first-order valence-corrected chi connectivity index (χ1v) is 19.4. The standard InChI is InChI=1S/C19H20BClN2O5.C11H12Cl2N2O2.C8H9BO3.CH2O3.Cs/c1-11(2)25-5-6-26-19-16(22-4)9-15(21)18(23-19)28-14-7-12(3)17-13(8-14)10-27-20(17)24;1-7(2)16-4-5-17-11-9(14-3)6-8(12)10(13)15-11;1-5-2-7(10)3-6-4-12-9(11)8(5)6;2-1-4-3;/h7-9,11,24H,5-6,10H2,1-3H3;6-7H,4-5H2,1-2H3;2-3,10-11H,4H2,1H3;1,3H;/q;;;;+1/p-1. The van der Waals surface area contributed by atoms with Gasteiger partial charge >= 0.3 is 83.1 Å². The van der Waals surface area contributed by atoms with Crippen LogP contribution in [0.4, 0.5) is 11.4 Å². The second-order valence-corrected chi connectivity index (χ2v) is 14.4. The first kappa shape index (κ1) is 55.3. The van der Waals surface area contributed by atoms with Crippen molar-refractivity contribution in [1.29, 1.82) is 0 Å². The Morgan fingerprint density at radius 2 is 1.24 bits per heavy atom. The molecule has 0 spiro atoms. The molecule has 0 unspecified atom stereocenters. The molecule has 6 rings (SSSR count). The Morgan fingerprint density at radius 1 is 0.774 bits per heavy atom. The summed E-state index contributed by atoms with van der Waals surface area (Å²) < 4.78 is 37.7. The number of phenols is 1. The third-order valence-corrected chi connectivity index (χ3v) is 8.95. The van der Waals surface area contributed by atoms with E-state index in [0.717, 1.165) is 33.2 Å². The normalized spacial score (nSPS) is 11.9.